The van der Waals surface area contributed by atoms with Crippen LogP contribution in [0, 0.1) is 39.9 Å². The lowest BCUT2D eigenvalue weighted by molar-refractivity contribution is -0.0436. The van der Waals surface area contributed by atoms with Gasteiger partial charge in [-0.25, -0.2) is 0 Å². The molecule has 116 valence electrons. The molecule has 0 spiro atoms. The van der Waals surface area contributed by atoms with Crippen LogP contribution < -0.4 is 5.73 Å². The lowest BCUT2D eigenvalue weighted by atomic mass is 9.51. The smallest absolute Gasteiger partial charge is 0.0165 e. The van der Waals surface area contributed by atoms with Crippen molar-refractivity contribution >= 4 is 0 Å². The van der Waals surface area contributed by atoms with E-state index in [1.807, 2.05) is 0 Å². The van der Waals surface area contributed by atoms with E-state index in [1.165, 1.54) is 25.7 Å². The minimum atomic E-state index is 0.0129. The molecule has 0 radical (unpaired) electrons. The van der Waals surface area contributed by atoms with Gasteiger partial charge in [-0.3, -0.25) is 0 Å². The first-order valence-corrected chi connectivity index (χ1v) is 8.66. The van der Waals surface area contributed by atoms with Crippen LogP contribution in [0.15, 0.2) is 0 Å². The van der Waals surface area contributed by atoms with E-state index in [2.05, 4.69) is 48.5 Å². The summed E-state index contributed by atoms with van der Waals surface area (Å²) in [5.74, 6) is 3.13. The zero-order chi connectivity index (χ0) is 15.1. The van der Waals surface area contributed by atoms with Gasteiger partial charge in [0.2, 0.25) is 0 Å². The largest absolute Gasteiger partial charge is 0.325 e. The second-order valence-corrected chi connectivity index (χ2v) is 10.8. The number of hydrogen-bond acceptors (Lipinski definition) is 1. The highest BCUT2D eigenvalue weighted by molar-refractivity contribution is 5.15. The molecule has 20 heavy (non-hydrogen) atoms. The van der Waals surface area contributed by atoms with Crippen molar-refractivity contribution in [3.05, 3.63) is 0 Å². The molecule has 4 rings (SSSR count). The Bertz CT molecular complexity index is 339. The van der Waals surface area contributed by atoms with E-state index in [4.69, 9.17) is 5.73 Å². The first-order chi connectivity index (χ1) is 8.87. The fraction of sp³-hybridized carbons (Fsp3) is 1.00. The number of fused-ring (bicyclic) bond motifs is 4. The molecule has 4 fully saturated rings. The third-order valence-corrected chi connectivity index (χ3v) is 7.30. The van der Waals surface area contributed by atoms with Gasteiger partial charge in [0, 0.05) is 5.54 Å². The van der Waals surface area contributed by atoms with Gasteiger partial charge in [0.25, 0.3) is 0 Å². The molecule has 4 aliphatic carbocycles. The van der Waals surface area contributed by atoms with Gasteiger partial charge in [-0.15, -0.1) is 0 Å². The van der Waals surface area contributed by atoms with E-state index in [0.717, 1.165) is 17.8 Å². The second kappa shape index (κ2) is 3.83. The molecule has 4 bridgehead atoms. The van der Waals surface area contributed by atoms with E-state index in [1.54, 1.807) is 0 Å². The Morgan fingerprint density at radius 3 is 1.40 bits per heavy atom. The van der Waals surface area contributed by atoms with Crippen LogP contribution in [0.2, 0.25) is 0 Å². The monoisotopic (exact) mass is 277 g/mol. The van der Waals surface area contributed by atoms with Crippen molar-refractivity contribution in [3.8, 4) is 0 Å². The van der Waals surface area contributed by atoms with Crippen LogP contribution in [0.4, 0.5) is 0 Å². The molecule has 1 heteroatoms. The highest BCUT2D eigenvalue weighted by Crippen LogP contribution is 2.68. The summed E-state index contributed by atoms with van der Waals surface area (Å²) >= 11 is 0. The van der Waals surface area contributed by atoms with E-state index in [9.17, 15) is 0 Å². The molecule has 1 nitrogen and oxygen atoms in total. The normalized spacial score (nSPS) is 51.6. The Kier molecular flexibility index (Phi) is 2.85. The molecule has 4 saturated carbocycles. The van der Waals surface area contributed by atoms with Crippen LogP contribution >= 0.6 is 0 Å². The standard InChI is InChI=1S/C19H35N/c1-16(2)8-12-9-18(5,6)15-14(16)17(3,4)10-13(12)11-19(15,7)20/h12-15H,8-11,20H2,1-7H3. The minimum absolute atomic E-state index is 0.0129. The molecule has 4 aliphatic rings. The molecule has 2 N–H and O–H groups in total. The molecular formula is C19H35N. The van der Waals surface area contributed by atoms with Gasteiger partial charge in [0.05, 0.1) is 0 Å². The topological polar surface area (TPSA) is 26.0 Å². The number of rotatable bonds is 0. The molecule has 0 aromatic rings. The SMILES string of the molecule is CC1(C)CC2CC(C)(C)C3C1C(C)(C)CC2CC3(C)N. The van der Waals surface area contributed by atoms with E-state index < -0.39 is 0 Å². The predicted octanol–water partition coefficient (Wildman–Crippen LogP) is 4.85. The maximum absolute atomic E-state index is 6.97. The summed E-state index contributed by atoms with van der Waals surface area (Å²) in [6, 6.07) is 0. The van der Waals surface area contributed by atoms with Gasteiger partial charge in [-0.05, 0) is 72.5 Å². The van der Waals surface area contributed by atoms with Crippen LogP contribution in [0.1, 0.15) is 74.1 Å². The van der Waals surface area contributed by atoms with Gasteiger partial charge in [0.15, 0.2) is 0 Å². The quantitative estimate of drug-likeness (QED) is 0.673. The maximum Gasteiger partial charge on any atom is 0.0165 e. The summed E-state index contributed by atoms with van der Waals surface area (Å²) < 4.78 is 0. The van der Waals surface area contributed by atoms with Gasteiger partial charge in [-0.1, -0.05) is 41.5 Å². The summed E-state index contributed by atoms with van der Waals surface area (Å²) in [7, 11) is 0. The van der Waals surface area contributed by atoms with Crippen molar-refractivity contribution in [1.82, 2.24) is 0 Å². The van der Waals surface area contributed by atoms with E-state index in [0.29, 0.717) is 22.2 Å². The average molecular weight is 277 g/mol. The van der Waals surface area contributed by atoms with E-state index >= 15 is 0 Å². The summed E-state index contributed by atoms with van der Waals surface area (Å²) in [5.41, 5.74) is 8.23. The molecular weight excluding hydrogens is 242 g/mol. The fourth-order valence-corrected chi connectivity index (χ4v) is 7.60. The van der Waals surface area contributed by atoms with E-state index in [-0.39, 0.29) is 5.54 Å². The van der Waals surface area contributed by atoms with Crippen LogP contribution in [0.25, 0.3) is 0 Å². The maximum atomic E-state index is 6.97. The second-order valence-electron chi connectivity index (χ2n) is 10.8. The lowest BCUT2D eigenvalue weighted by Gasteiger charge is -2.54. The first-order valence-electron chi connectivity index (χ1n) is 8.66. The lowest BCUT2D eigenvalue weighted by Crippen LogP contribution is -2.56. The minimum Gasteiger partial charge on any atom is -0.325 e. The van der Waals surface area contributed by atoms with Crippen molar-refractivity contribution in [3.63, 3.8) is 0 Å². The Labute approximate surface area is 126 Å². The zero-order valence-electron chi connectivity index (χ0n) is 14.7. The summed E-state index contributed by atoms with van der Waals surface area (Å²) in [6.07, 6.45) is 5.46. The van der Waals surface area contributed by atoms with Crippen molar-refractivity contribution in [1.29, 1.82) is 0 Å². The predicted molar refractivity (Wildman–Crippen MR) is 86.4 cm³/mol. The Hall–Kier alpha value is -0.0400. The van der Waals surface area contributed by atoms with Crippen LogP contribution in [-0.4, -0.2) is 5.54 Å². The molecule has 0 aliphatic heterocycles. The van der Waals surface area contributed by atoms with Crippen LogP contribution in [0.3, 0.4) is 0 Å². The summed E-state index contributed by atoms with van der Waals surface area (Å²) in [6.45, 7) is 17.5. The van der Waals surface area contributed by atoms with Gasteiger partial charge < -0.3 is 5.73 Å². The Morgan fingerprint density at radius 1 is 0.600 bits per heavy atom. The van der Waals surface area contributed by atoms with Crippen molar-refractivity contribution in [2.24, 2.45) is 45.7 Å². The third-order valence-electron chi connectivity index (χ3n) is 7.30. The molecule has 0 heterocycles. The Balaban J connectivity index is 2.26. The molecule has 0 aromatic carbocycles. The molecule has 0 aromatic heterocycles. The van der Waals surface area contributed by atoms with Gasteiger partial charge in [0.1, 0.15) is 0 Å². The average Bonchev–Trinajstić information content (AvgIpc) is 2.39. The number of nitrogens with two attached hydrogens (primary N) is 1. The highest BCUT2D eigenvalue weighted by atomic mass is 14.8. The van der Waals surface area contributed by atoms with Crippen LogP contribution in [-0.2, 0) is 0 Å². The van der Waals surface area contributed by atoms with Crippen molar-refractivity contribution in [2.45, 2.75) is 79.7 Å². The fourth-order valence-electron chi connectivity index (χ4n) is 7.60. The van der Waals surface area contributed by atoms with Crippen molar-refractivity contribution in [2.75, 3.05) is 0 Å². The van der Waals surface area contributed by atoms with Crippen molar-refractivity contribution < 1.29 is 0 Å². The Morgan fingerprint density at radius 2 is 0.950 bits per heavy atom. The van der Waals surface area contributed by atoms with Gasteiger partial charge >= 0.3 is 0 Å². The molecule has 5 atom stereocenters. The summed E-state index contributed by atoms with van der Waals surface area (Å²) in [5, 5.41) is 0. The molecule has 5 unspecified atom stereocenters. The molecule has 0 amide bonds. The third kappa shape index (κ3) is 1.91. The first kappa shape index (κ1) is 14.9. The highest BCUT2D eigenvalue weighted by Gasteiger charge is 2.64. The van der Waals surface area contributed by atoms with Gasteiger partial charge in [-0.2, -0.15) is 0 Å². The van der Waals surface area contributed by atoms with Crippen LogP contribution in [0.5, 0.6) is 0 Å². The summed E-state index contributed by atoms with van der Waals surface area (Å²) in [4.78, 5) is 0. The molecule has 0 saturated heterocycles. The zero-order valence-corrected chi connectivity index (χ0v) is 14.7. The number of hydrogen-bond donors (Lipinski definition) is 1.